The summed E-state index contributed by atoms with van der Waals surface area (Å²) in [5.41, 5.74) is 0.0385. The van der Waals surface area contributed by atoms with Gasteiger partial charge < -0.3 is 19.1 Å². The summed E-state index contributed by atoms with van der Waals surface area (Å²) in [5, 5.41) is 0. The lowest BCUT2D eigenvalue weighted by molar-refractivity contribution is -0.138. The van der Waals surface area contributed by atoms with Gasteiger partial charge in [-0.2, -0.15) is 13.2 Å². The Kier molecular flexibility index (Phi) is 4.18. The summed E-state index contributed by atoms with van der Waals surface area (Å²) in [6, 6.07) is 16.0. The number of benzene rings is 3. The summed E-state index contributed by atoms with van der Waals surface area (Å²) in [5.74, 6) is 1.26. The minimum absolute atomic E-state index is 0.0338. The molecule has 33 heavy (non-hydrogen) atoms. The number of alkyl halides is 3. The fourth-order valence-electron chi connectivity index (χ4n) is 4.97. The van der Waals surface area contributed by atoms with E-state index in [4.69, 9.17) is 14.2 Å². The third kappa shape index (κ3) is 2.83. The summed E-state index contributed by atoms with van der Waals surface area (Å²) in [6.45, 7) is 0.668. The van der Waals surface area contributed by atoms with E-state index in [-0.39, 0.29) is 24.6 Å². The third-order valence-electron chi connectivity index (χ3n) is 6.46. The molecule has 3 aliphatic heterocycles. The SMILES string of the molecule is O=C1N(Cc2ccccc2C(F)(F)F)c2ccccc2[C@]12COc1cc3c(cc12)OCCO3. The standard InChI is InChI=1S/C25H18F3NO4/c26-25(27,28)16-6-2-1-5-15(16)13-29-19-8-4-3-7-17(19)24(23(29)30)14-33-20-12-22-21(11-18(20)24)31-9-10-32-22/h1-8,11-12H,9-10,13-14H2/t24-/m0/s1. The number of fused-ring (bicyclic) bond motifs is 5. The van der Waals surface area contributed by atoms with Crippen molar-refractivity contribution in [2.45, 2.75) is 18.1 Å². The zero-order valence-corrected chi connectivity index (χ0v) is 17.3. The van der Waals surface area contributed by atoms with Gasteiger partial charge >= 0.3 is 6.18 Å². The smallest absolute Gasteiger partial charge is 0.416 e. The summed E-state index contributed by atoms with van der Waals surface area (Å²) in [4.78, 5) is 15.4. The van der Waals surface area contributed by atoms with Gasteiger partial charge in [-0.15, -0.1) is 0 Å². The molecule has 3 aromatic rings. The largest absolute Gasteiger partial charge is 0.491 e. The monoisotopic (exact) mass is 453 g/mol. The Bertz CT molecular complexity index is 1290. The second kappa shape index (κ2) is 6.91. The predicted octanol–water partition coefficient (Wildman–Crippen LogP) is 4.70. The normalized spacial score (nSPS) is 20.6. The number of ether oxygens (including phenoxy) is 3. The summed E-state index contributed by atoms with van der Waals surface area (Å²) < 4.78 is 58.2. The van der Waals surface area contributed by atoms with Crippen molar-refractivity contribution in [3.63, 3.8) is 0 Å². The van der Waals surface area contributed by atoms with Crippen LogP contribution in [0.25, 0.3) is 0 Å². The molecule has 0 saturated heterocycles. The van der Waals surface area contributed by atoms with Crippen LogP contribution in [0.5, 0.6) is 17.2 Å². The molecule has 1 amide bonds. The highest BCUT2D eigenvalue weighted by molar-refractivity contribution is 6.11. The highest BCUT2D eigenvalue weighted by Gasteiger charge is 2.57. The topological polar surface area (TPSA) is 48.0 Å². The first-order chi connectivity index (χ1) is 15.9. The Morgan fingerprint density at radius 1 is 0.848 bits per heavy atom. The molecule has 3 aromatic carbocycles. The number of amides is 1. The lowest BCUT2D eigenvalue weighted by Crippen LogP contribution is -2.42. The van der Waals surface area contributed by atoms with E-state index in [0.29, 0.717) is 47.3 Å². The van der Waals surface area contributed by atoms with Gasteiger partial charge in [0, 0.05) is 17.3 Å². The fraction of sp³-hybridized carbons (Fsp3) is 0.240. The highest BCUT2D eigenvalue weighted by atomic mass is 19.4. The first-order valence-electron chi connectivity index (χ1n) is 10.5. The van der Waals surface area contributed by atoms with Crippen molar-refractivity contribution >= 4 is 11.6 Å². The summed E-state index contributed by atoms with van der Waals surface area (Å²) in [7, 11) is 0. The Labute approximate surface area is 187 Å². The van der Waals surface area contributed by atoms with Crippen LogP contribution in [0.1, 0.15) is 22.3 Å². The van der Waals surface area contributed by atoms with Gasteiger partial charge in [-0.3, -0.25) is 4.79 Å². The number of para-hydroxylation sites is 1. The predicted molar refractivity (Wildman–Crippen MR) is 113 cm³/mol. The van der Waals surface area contributed by atoms with E-state index < -0.39 is 17.2 Å². The van der Waals surface area contributed by atoms with E-state index in [9.17, 15) is 18.0 Å². The van der Waals surface area contributed by atoms with Crippen molar-refractivity contribution in [3.05, 3.63) is 82.9 Å². The maximum absolute atomic E-state index is 14.0. The van der Waals surface area contributed by atoms with Gasteiger partial charge in [0.1, 0.15) is 31.0 Å². The lowest BCUT2D eigenvalue weighted by atomic mass is 9.77. The number of carbonyl (C=O) groups excluding carboxylic acids is 1. The molecule has 0 N–H and O–H groups in total. The molecule has 0 unspecified atom stereocenters. The molecule has 0 saturated carbocycles. The number of hydrogen-bond acceptors (Lipinski definition) is 4. The summed E-state index contributed by atoms with van der Waals surface area (Å²) >= 11 is 0. The number of hydrogen-bond donors (Lipinski definition) is 0. The second-order valence-corrected chi connectivity index (χ2v) is 8.25. The molecule has 1 atom stereocenters. The molecule has 3 heterocycles. The van der Waals surface area contributed by atoms with Crippen molar-refractivity contribution in [2.75, 3.05) is 24.7 Å². The molecule has 0 aliphatic carbocycles. The maximum atomic E-state index is 14.0. The van der Waals surface area contributed by atoms with E-state index in [2.05, 4.69) is 0 Å². The molecule has 0 aromatic heterocycles. The van der Waals surface area contributed by atoms with Crippen LogP contribution in [0, 0.1) is 0 Å². The Morgan fingerprint density at radius 2 is 1.55 bits per heavy atom. The molecular formula is C25H18F3NO4. The van der Waals surface area contributed by atoms with E-state index in [1.54, 1.807) is 30.3 Å². The number of halogens is 3. The number of carbonyl (C=O) groups is 1. The van der Waals surface area contributed by atoms with Gasteiger partial charge in [-0.25, -0.2) is 0 Å². The van der Waals surface area contributed by atoms with Crippen LogP contribution in [0.15, 0.2) is 60.7 Å². The Hall–Kier alpha value is -3.68. The molecular weight excluding hydrogens is 435 g/mol. The molecule has 3 aliphatic rings. The number of anilines is 1. The molecule has 0 bridgehead atoms. The molecule has 0 fully saturated rings. The first-order valence-corrected chi connectivity index (χ1v) is 10.5. The minimum Gasteiger partial charge on any atom is -0.491 e. The van der Waals surface area contributed by atoms with Crippen LogP contribution in [-0.2, 0) is 22.9 Å². The van der Waals surface area contributed by atoms with Crippen molar-refractivity contribution in [2.24, 2.45) is 0 Å². The van der Waals surface area contributed by atoms with Gasteiger partial charge in [0.25, 0.3) is 0 Å². The highest BCUT2D eigenvalue weighted by Crippen LogP contribution is 2.55. The Morgan fingerprint density at radius 3 is 2.33 bits per heavy atom. The van der Waals surface area contributed by atoms with E-state index in [1.807, 2.05) is 12.1 Å². The van der Waals surface area contributed by atoms with Crippen LogP contribution in [-0.4, -0.2) is 25.7 Å². The number of rotatable bonds is 2. The average molecular weight is 453 g/mol. The van der Waals surface area contributed by atoms with Crippen molar-refractivity contribution in [1.29, 1.82) is 0 Å². The molecule has 8 heteroatoms. The van der Waals surface area contributed by atoms with Gasteiger partial charge in [0.2, 0.25) is 5.91 Å². The van der Waals surface area contributed by atoms with Crippen molar-refractivity contribution in [1.82, 2.24) is 0 Å². The molecule has 0 radical (unpaired) electrons. The Balaban J connectivity index is 1.48. The second-order valence-electron chi connectivity index (χ2n) is 8.25. The zero-order valence-electron chi connectivity index (χ0n) is 17.3. The third-order valence-corrected chi connectivity index (χ3v) is 6.46. The quantitative estimate of drug-likeness (QED) is 0.565. The summed E-state index contributed by atoms with van der Waals surface area (Å²) in [6.07, 6.45) is -4.52. The first kappa shape index (κ1) is 20.0. The lowest BCUT2D eigenvalue weighted by Gasteiger charge is -2.25. The van der Waals surface area contributed by atoms with Crippen molar-refractivity contribution < 1.29 is 32.2 Å². The van der Waals surface area contributed by atoms with Crippen LogP contribution < -0.4 is 19.1 Å². The van der Waals surface area contributed by atoms with Crippen LogP contribution in [0.4, 0.5) is 18.9 Å². The van der Waals surface area contributed by atoms with Crippen LogP contribution in [0.2, 0.25) is 0 Å². The number of nitrogens with zero attached hydrogens (tertiary/aromatic N) is 1. The van der Waals surface area contributed by atoms with Crippen LogP contribution >= 0.6 is 0 Å². The van der Waals surface area contributed by atoms with E-state index in [1.165, 1.54) is 17.0 Å². The van der Waals surface area contributed by atoms with E-state index >= 15 is 0 Å². The van der Waals surface area contributed by atoms with Crippen LogP contribution in [0.3, 0.4) is 0 Å². The van der Waals surface area contributed by atoms with Gasteiger partial charge in [0.15, 0.2) is 11.5 Å². The van der Waals surface area contributed by atoms with Gasteiger partial charge in [-0.05, 0) is 29.3 Å². The van der Waals surface area contributed by atoms with Gasteiger partial charge in [0.05, 0.1) is 12.1 Å². The fourth-order valence-corrected chi connectivity index (χ4v) is 4.97. The van der Waals surface area contributed by atoms with Crippen molar-refractivity contribution in [3.8, 4) is 17.2 Å². The maximum Gasteiger partial charge on any atom is 0.416 e. The minimum atomic E-state index is -4.52. The van der Waals surface area contributed by atoms with Gasteiger partial charge in [-0.1, -0.05) is 36.4 Å². The molecule has 168 valence electrons. The molecule has 1 spiro atoms. The molecule has 5 nitrogen and oxygen atoms in total. The zero-order chi connectivity index (χ0) is 22.8. The molecule has 6 rings (SSSR count). The van der Waals surface area contributed by atoms with E-state index in [0.717, 1.165) is 6.07 Å². The average Bonchev–Trinajstić information content (AvgIpc) is 3.29.